The van der Waals surface area contributed by atoms with E-state index in [4.69, 9.17) is 4.74 Å². The van der Waals surface area contributed by atoms with Crippen LogP contribution in [0.4, 0.5) is 0 Å². The van der Waals surface area contributed by atoms with Crippen LogP contribution in [-0.2, 0) is 6.42 Å². The van der Waals surface area contributed by atoms with E-state index in [1.54, 1.807) is 13.2 Å². The summed E-state index contributed by atoms with van der Waals surface area (Å²) < 4.78 is 5.43. The highest BCUT2D eigenvalue weighted by molar-refractivity contribution is 5.52. The zero-order valence-corrected chi connectivity index (χ0v) is 13.8. The van der Waals surface area contributed by atoms with Crippen LogP contribution in [0.25, 0.3) is 0 Å². The standard InChI is InChI=1S/C19H26O4/c1-19-8-7-11-10-5-6-15(20)17(23-2)13(10)4-3-12(11)14(19)9-16(21)18(19)22/h5-6,11-12,14,16,18,20-22H,3-4,7-9H2,1-2H3/t11-,12-,14+,16?,18?,19+/m1/s1. The summed E-state index contributed by atoms with van der Waals surface area (Å²) in [7, 11) is 1.61. The summed E-state index contributed by atoms with van der Waals surface area (Å²) in [5.74, 6) is 2.17. The molecule has 0 bridgehead atoms. The van der Waals surface area contributed by atoms with E-state index in [1.807, 2.05) is 0 Å². The first kappa shape index (κ1) is 15.3. The second-order valence-corrected chi connectivity index (χ2v) is 7.89. The van der Waals surface area contributed by atoms with E-state index in [0.29, 0.717) is 29.9 Å². The van der Waals surface area contributed by atoms with E-state index < -0.39 is 12.2 Å². The number of aliphatic hydroxyl groups is 2. The lowest BCUT2D eigenvalue weighted by Gasteiger charge is -2.50. The smallest absolute Gasteiger partial charge is 0.163 e. The number of aliphatic hydroxyl groups excluding tert-OH is 2. The summed E-state index contributed by atoms with van der Waals surface area (Å²) >= 11 is 0. The van der Waals surface area contributed by atoms with Crippen LogP contribution in [0.1, 0.15) is 49.7 Å². The van der Waals surface area contributed by atoms with Gasteiger partial charge in [0.2, 0.25) is 0 Å². The molecule has 4 heteroatoms. The van der Waals surface area contributed by atoms with Crippen molar-refractivity contribution in [1.29, 1.82) is 0 Å². The normalized spacial score (nSPS) is 41.8. The second-order valence-electron chi connectivity index (χ2n) is 7.89. The molecule has 0 heterocycles. The number of hydrogen-bond donors (Lipinski definition) is 3. The quantitative estimate of drug-likeness (QED) is 0.744. The Balaban J connectivity index is 1.73. The van der Waals surface area contributed by atoms with E-state index >= 15 is 0 Å². The molecule has 2 saturated carbocycles. The number of rotatable bonds is 1. The van der Waals surface area contributed by atoms with Gasteiger partial charge in [-0.25, -0.2) is 0 Å². The van der Waals surface area contributed by atoms with Gasteiger partial charge in [-0.05, 0) is 66.9 Å². The zero-order valence-electron chi connectivity index (χ0n) is 13.8. The maximum absolute atomic E-state index is 10.5. The molecule has 0 radical (unpaired) electrons. The molecular weight excluding hydrogens is 292 g/mol. The fourth-order valence-electron chi connectivity index (χ4n) is 5.84. The highest BCUT2D eigenvalue weighted by Crippen LogP contribution is 2.61. The largest absolute Gasteiger partial charge is 0.504 e. The fourth-order valence-corrected chi connectivity index (χ4v) is 5.84. The van der Waals surface area contributed by atoms with Crippen molar-refractivity contribution in [2.24, 2.45) is 17.3 Å². The van der Waals surface area contributed by atoms with Gasteiger partial charge in [0.25, 0.3) is 0 Å². The summed E-state index contributed by atoms with van der Waals surface area (Å²) in [6, 6.07) is 3.79. The Morgan fingerprint density at radius 1 is 1.22 bits per heavy atom. The molecule has 3 aliphatic rings. The molecule has 1 aromatic carbocycles. The first-order valence-electron chi connectivity index (χ1n) is 8.72. The van der Waals surface area contributed by atoms with Gasteiger partial charge in [-0.2, -0.15) is 0 Å². The van der Waals surface area contributed by atoms with Gasteiger partial charge >= 0.3 is 0 Å². The van der Waals surface area contributed by atoms with Gasteiger partial charge in [0.15, 0.2) is 11.5 Å². The van der Waals surface area contributed by atoms with Crippen LogP contribution < -0.4 is 4.74 Å². The topological polar surface area (TPSA) is 69.9 Å². The lowest BCUT2D eigenvalue weighted by Crippen LogP contribution is -2.44. The van der Waals surface area contributed by atoms with E-state index in [2.05, 4.69) is 13.0 Å². The van der Waals surface area contributed by atoms with Crippen molar-refractivity contribution in [1.82, 2.24) is 0 Å². The maximum atomic E-state index is 10.5. The molecule has 0 amide bonds. The van der Waals surface area contributed by atoms with Crippen molar-refractivity contribution >= 4 is 0 Å². The van der Waals surface area contributed by atoms with Crippen molar-refractivity contribution in [3.05, 3.63) is 23.3 Å². The van der Waals surface area contributed by atoms with Gasteiger partial charge in [0, 0.05) is 5.56 Å². The Bertz CT molecular complexity index is 628. The van der Waals surface area contributed by atoms with Crippen molar-refractivity contribution in [2.45, 2.75) is 57.2 Å². The summed E-state index contributed by atoms with van der Waals surface area (Å²) in [6.07, 6.45) is 3.44. The molecule has 6 atom stereocenters. The van der Waals surface area contributed by atoms with Crippen molar-refractivity contribution in [3.8, 4) is 11.5 Å². The summed E-state index contributed by atoms with van der Waals surface area (Å²) in [5.41, 5.74) is 2.30. The first-order valence-corrected chi connectivity index (χ1v) is 8.72. The number of aromatic hydroxyl groups is 1. The zero-order chi connectivity index (χ0) is 16.4. The monoisotopic (exact) mass is 318 g/mol. The molecule has 126 valence electrons. The minimum Gasteiger partial charge on any atom is -0.504 e. The summed E-state index contributed by atoms with van der Waals surface area (Å²) in [6.45, 7) is 2.15. The summed E-state index contributed by atoms with van der Waals surface area (Å²) in [5, 5.41) is 30.7. The number of benzene rings is 1. The molecule has 4 rings (SSSR count). The van der Waals surface area contributed by atoms with Crippen LogP contribution in [-0.4, -0.2) is 34.6 Å². The van der Waals surface area contributed by atoms with Crippen molar-refractivity contribution in [3.63, 3.8) is 0 Å². The molecular formula is C19H26O4. The minimum absolute atomic E-state index is 0.154. The van der Waals surface area contributed by atoms with Gasteiger partial charge < -0.3 is 20.1 Å². The number of ether oxygens (including phenoxy) is 1. The molecule has 2 unspecified atom stereocenters. The molecule has 23 heavy (non-hydrogen) atoms. The number of phenols is 1. The second kappa shape index (κ2) is 5.12. The van der Waals surface area contributed by atoms with Crippen LogP contribution in [0, 0.1) is 17.3 Å². The molecule has 2 fully saturated rings. The summed E-state index contributed by atoms with van der Waals surface area (Å²) in [4.78, 5) is 0. The minimum atomic E-state index is -0.593. The average molecular weight is 318 g/mol. The average Bonchev–Trinajstić information content (AvgIpc) is 2.78. The van der Waals surface area contributed by atoms with E-state index in [9.17, 15) is 15.3 Å². The molecule has 4 nitrogen and oxygen atoms in total. The SMILES string of the molecule is COc1c(O)ccc2c1CC[C@@H]1[C@@H]2CC[C@]2(C)C(O)C(O)C[C@@H]12. The van der Waals surface area contributed by atoms with Gasteiger partial charge in [-0.3, -0.25) is 0 Å². The third-order valence-electron chi connectivity index (χ3n) is 7.02. The van der Waals surface area contributed by atoms with Crippen LogP contribution in [0.15, 0.2) is 12.1 Å². The Morgan fingerprint density at radius 2 is 2.00 bits per heavy atom. The maximum Gasteiger partial charge on any atom is 0.163 e. The molecule has 0 aliphatic heterocycles. The fraction of sp³-hybridized carbons (Fsp3) is 0.684. The van der Waals surface area contributed by atoms with Crippen LogP contribution in [0.2, 0.25) is 0 Å². The van der Waals surface area contributed by atoms with Gasteiger partial charge in [-0.15, -0.1) is 0 Å². The molecule has 3 aliphatic carbocycles. The first-order chi connectivity index (χ1) is 11.0. The van der Waals surface area contributed by atoms with Crippen molar-refractivity contribution in [2.75, 3.05) is 7.11 Å². The van der Waals surface area contributed by atoms with E-state index in [0.717, 1.165) is 31.2 Å². The number of methoxy groups -OCH3 is 1. The highest BCUT2D eigenvalue weighted by Gasteiger charge is 2.57. The van der Waals surface area contributed by atoms with Crippen LogP contribution >= 0.6 is 0 Å². The third-order valence-corrected chi connectivity index (χ3v) is 7.02. The molecule has 0 aromatic heterocycles. The Hall–Kier alpha value is -1.26. The molecule has 1 aromatic rings. The van der Waals surface area contributed by atoms with E-state index in [1.165, 1.54) is 5.56 Å². The van der Waals surface area contributed by atoms with Gasteiger partial charge in [-0.1, -0.05) is 13.0 Å². The predicted octanol–water partition coefficient (Wildman–Crippen LogP) is 2.59. The lowest BCUT2D eigenvalue weighted by atomic mass is 9.55. The van der Waals surface area contributed by atoms with Gasteiger partial charge in [0.1, 0.15) is 0 Å². The number of fused-ring (bicyclic) bond motifs is 5. The van der Waals surface area contributed by atoms with E-state index in [-0.39, 0.29) is 11.2 Å². The number of hydrogen-bond acceptors (Lipinski definition) is 4. The third kappa shape index (κ3) is 1.97. The molecule has 0 spiro atoms. The highest BCUT2D eigenvalue weighted by atomic mass is 16.5. The Morgan fingerprint density at radius 3 is 2.74 bits per heavy atom. The molecule has 3 N–H and O–H groups in total. The van der Waals surface area contributed by atoms with Crippen molar-refractivity contribution < 1.29 is 20.1 Å². The Labute approximate surface area is 137 Å². The molecule has 0 saturated heterocycles. The van der Waals surface area contributed by atoms with Crippen LogP contribution in [0.5, 0.6) is 11.5 Å². The lowest BCUT2D eigenvalue weighted by molar-refractivity contribution is -0.0506. The van der Waals surface area contributed by atoms with Crippen LogP contribution in [0.3, 0.4) is 0 Å². The number of phenolic OH excluding ortho intramolecular Hbond substituents is 1. The van der Waals surface area contributed by atoms with Gasteiger partial charge in [0.05, 0.1) is 19.3 Å². The predicted molar refractivity (Wildman–Crippen MR) is 86.7 cm³/mol. The Kier molecular flexibility index (Phi) is 3.40.